The largest absolute Gasteiger partial charge is 0.485 e. The summed E-state index contributed by atoms with van der Waals surface area (Å²) in [6, 6.07) is 3.19. The first-order valence-electron chi connectivity index (χ1n) is 5.17. The molecule has 1 aliphatic rings. The van der Waals surface area contributed by atoms with Crippen molar-refractivity contribution in [2.45, 2.75) is 18.9 Å². The topological polar surface area (TPSA) is 77.5 Å². The Morgan fingerprint density at radius 3 is 2.65 bits per heavy atom. The van der Waals surface area contributed by atoms with E-state index in [1.807, 2.05) is 0 Å². The molecular formula is C10H14N2O4S. The first-order valence-corrected chi connectivity index (χ1v) is 7.06. The Kier molecular flexibility index (Phi) is 3.10. The average molecular weight is 258 g/mol. The molecule has 0 spiro atoms. The maximum Gasteiger partial charge on any atom is 0.258 e. The third kappa shape index (κ3) is 3.48. The summed E-state index contributed by atoms with van der Waals surface area (Å²) in [7, 11) is -1.87. The van der Waals surface area contributed by atoms with Crippen LogP contribution in [-0.2, 0) is 10.0 Å². The average Bonchev–Trinajstić information content (AvgIpc) is 3.02. The smallest absolute Gasteiger partial charge is 0.258 e. The number of hydrogen-bond donors (Lipinski definition) is 1. The molecule has 1 aromatic heterocycles. The molecule has 1 N–H and O–H groups in total. The van der Waals surface area contributed by atoms with Crippen LogP contribution in [0.5, 0.6) is 11.6 Å². The lowest BCUT2D eigenvalue weighted by atomic mass is 10.4. The second-order valence-corrected chi connectivity index (χ2v) is 5.64. The Balaban J connectivity index is 2.20. The normalized spacial score (nSPS) is 15.4. The van der Waals surface area contributed by atoms with Gasteiger partial charge in [-0.1, -0.05) is 0 Å². The van der Waals surface area contributed by atoms with Crippen LogP contribution < -0.4 is 14.2 Å². The maximum absolute atomic E-state index is 11.0. The van der Waals surface area contributed by atoms with E-state index in [0.717, 1.165) is 19.1 Å². The van der Waals surface area contributed by atoms with Crippen molar-refractivity contribution in [1.82, 2.24) is 4.98 Å². The summed E-state index contributed by atoms with van der Waals surface area (Å²) in [6.45, 7) is 0. The number of nitrogens with one attached hydrogen (secondary N) is 1. The minimum absolute atomic E-state index is 0.215. The second kappa shape index (κ2) is 4.40. The number of sulfonamides is 1. The van der Waals surface area contributed by atoms with Crippen LogP contribution in [0.4, 0.5) is 5.82 Å². The second-order valence-electron chi connectivity index (χ2n) is 3.90. The minimum atomic E-state index is -3.33. The van der Waals surface area contributed by atoms with E-state index >= 15 is 0 Å². The van der Waals surface area contributed by atoms with Crippen LogP contribution >= 0.6 is 0 Å². The number of hydrogen-bond acceptors (Lipinski definition) is 5. The molecule has 7 heteroatoms. The third-order valence-electron chi connectivity index (χ3n) is 2.13. The fraction of sp³-hybridized carbons (Fsp3) is 0.500. The van der Waals surface area contributed by atoms with Crippen LogP contribution in [0.1, 0.15) is 12.8 Å². The van der Waals surface area contributed by atoms with Crippen molar-refractivity contribution >= 4 is 15.8 Å². The number of nitrogens with zero attached hydrogens (tertiary/aromatic N) is 1. The molecule has 0 atom stereocenters. The molecule has 0 unspecified atom stereocenters. The van der Waals surface area contributed by atoms with Crippen molar-refractivity contribution in [1.29, 1.82) is 0 Å². The Bertz CT molecular complexity index is 511. The number of pyridine rings is 1. The molecule has 1 aliphatic carbocycles. The van der Waals surface area contributed by atoms with Gasteiger partial charge in [-0.05, 0) is 25.0 Å². The van der Waals surface area contributed by atoms with E-state index in [1.165, 1.54) is 7.11 Å². The molecular weight excluding hydrogens is 244 g/mol. The summed E-state index contributed by atoms with van der Waals surface area (Å²) in [6.07, 6.45) is 3.37. The standard InChI is InChI=1S/C10H14N2O4S/c1-15-10-8(16-7-3-4-7)5-6-9(11-10)12-17(2,13)14/h5-7H,3-4H2,1-2H3,(H,11,12). The van der Waals surface area contributed by atoms with E-state index in [0.29, 0.717) is 5.75 Å². The van der Waals surface area contributed by atoms with E-state index in [1.54, 1.807) is 12.1 Å². The summed E-state index contributed by atoms with van der Waals surface area (Å²) in [5.74, 6) is 1.03. The van der Waals surface area contributed by atoms with Gasteiger partial charge in [0.25, 0.3) is 5.88 Å². The summed E-state index contributed by atoms with van der Waals surface area (Å²) in [4.78, 5) is 4.02. The molecule has 1 aromatic rings. The lowest BCUT2D eigenvalue weighted by Crippen LogP contribution is -2.11. The van der Waals surface area contributed by atoms with Gasteiger partial charge < -0.3 is 9.47 Å². The van der Waals surface area contributed by atoms with Gasteiger partial charge in [-0.15, -0.1) is 0 Å². The van der Waals surface area contributed by atoms with Crippen LogP contribution in [0.2, 0.25) is 0 Å². The molecule has 6 nitrogen and oxygen atoms in total. The summed E-state index contributed by atoms with van der Waals surface area (Å²) in [5.41, 5.74) is 0. The van der Waals surface area contributed by atoms with Gasteiger partial charge in [-0.3, -0.25) is 4.72 Å². The highest BCUT2D eigenvalue weighted by Gasteiger charge is 2.25. The van der Waals surface area contributed by atoms with Crippen LogP contribution in [0.3, 0.4) is 0 Å². The van der Waals surface area contributed by atoms with Gasteiger partial charge >= 0.3 is 0 Å². The molecule has 17 heavy (non-hydrogen) atoms. The highest BCUT2D eigenvalue weighted by molar-refractivity contribution is 7.92. The predicted octanol–water partition coefficient (Wildman–Crippen LogP) is 1.00. The van der Waals surface area contributed by atoms with Crippen LogP contribution in [0.25, 0.3) is 0 Å². The zero-order valence-electron chi connectivity index (χ0n) is 9.63. The molecule has 0 saturated heterocycles. The van der Waals surface area contributed by atoms with Crippen molar-refractivity contribution in [3.8, 4) is 11.6 Å². The van der Waals surface area contributed by atoms with Crippen molar-refractivity contribution in [3.05, 3.63) is 12.1 Å². The molecule has 0 radical (unpaired) electrons. The molecule has 1 heterocycles. The van der Waals surface area contributed by atoms with E-state index in [-0.39, 0.29) is 17.8 Å². The summed E-state index contributed by atoms with van der Waals surface area (Å²) in [5, 5.41) is 0. The fourth-order valence-corrected chi connectivity index (χ4v) is 1.77. The lowest BCUT2D eigenvalue weighted by Gasteiger charge is -2.10. The number of aromatic nitrogens is 1. The highest BCUT2D eigenvalue weighted by atomic mass is 32.2. The fourth-order valence-electron chi connectivity index (χ4n) is 1.28. The van der Waals surface area contributed by atoms with Crippen molar-refractivity contribution in [2.75, 3.05) is 18.1 Å². The Morgan fingerprint density at radius 2 is 2.12 bits per heavy atom. The highest BCUT2D eigenvalue weighted by Crippen LogP contribution is 2.33. The molecule has 0 aliphatic heterocycles. The first-order chi connectivity index (χ1) is 7.98. The van der Waals surface area contributed by atoms with Crippen LogP contribution in [0, 0.1) is 0 Å². The van der Waals surface area contributed by atoms with Gasteiger partial charge in [0.1, 0.15) is 5.82 Å². The quantitative estimate of drug-likeness (QED) is 0.852. The molecule has 0 bridgehead atoms. The molecule has 1 fully saturated rings. The van der Waals surface area contributed by atoms with Gasteiger partial charge in [0.2, 0.25) is 10.0 Å². The molecule has 2 rings (SSSR count). The number of methoxy groups -OCH3 is 1. The van der Waals surface area contributed by atoms with Gasteiger partial charge in [-0.2, -0.15) is 4.98 Å². The Labute approximate surface area is 100 Å². The zero-order chi connectivity index (χ0) is 12.5. The zero-order valence-corrected chi connectivity index (χ0v) is 10.5. The number of anilines is 1. The van der Waals surface area contributed by atoms with Crippen LogP contribution in [0.15, 0.2) is 12.1 Å². The Morgan fingerprint density at radius 1 is 1.41 bits per heavy atom. The monoisotopic (exact) mass is 258 g/mol. The molecule has 0 amide bonds. The van der Waals surface area contributed by atoms with Gasteiger partial charge in [0, 0.05) is 0 Å². The van der Waals surface area contributed by atoms with Gasteiger partial charge in [0.15, 0.2) is 5.75 Å². The van der Waals surface area contributed by atoms with E-state index < -0.39 is 10.0 Å². The van der Waals surface area contributed by atoms with Crippen molar-refractivity contribution in [3.63, 3.8) is 0 Å². The number of ether oxygens (including phenoxy) is 2. The van der Waals surface area contributed by atoms with E-state index in [4.69, 9.17) is 9.47 Å². The minimum Gasteiger partial charge on any atom is -0.485 e. The third-order valence-corrected chi connectivity index (χ3v) is 2.71. The number of rotatable bonds is 5. The van der Waals surface area contributed by atoms with Crippen molar-refractivity contribution < 1.29 is 17.9 Å². The van der Waals surface area contributed by atoms with Crippen molar-refractivity contribution in [2.24, 2.45) is 0 Å². The van der Waals surface area contributed by atoms with E-state index in [9.17, 15) is 8.42 Å². The summed E-state index contributed by atoms with van der Waals surface area (Å²) < 4.78 is 35.0. The maximum atomic E-state index is 11.0. The van der Waals surface area contributed by atoms with E-state index in [2.05, 4.69) is 9.71 Å². The van der Waals surface area contributed by atoms with Gasteiger partial charge in [-0.25, -0.2) is 8.42 Å². The molecule has 94 valence electrons. The molecule has 1 saturated carbocycles. The SMILES string of the molecule is COc1nc(NS(C)(=O)=O)ccc1OC1CC1. The predicted molar refractivity (Wildman–Crippen MR) is 62.9 cm³/mol. The first kappa shape index (κ1) is 12.0. The Hall–Kier alpha value is -1.50. The summed E-state index contributed by atoms with van der Waals surface area (Å²) >= 11 is 0. The van der Waals surface area contributed by atoms with Crippen LogP contribution in [-0.4, -0.2) is 32.9 Å². The lowest BCUT2D eigenvalue weighted by molar-refractivity contribution is 0.277. The molecule has 0 aromatic carbocycles. The van der Waals surface area contributed by atoms with Gasteiger partial charge in [0.05, 0.1) is 19.5 Å².